The van der Waals surface area contributed by atoms with Gasteiger partial charge in [0.15, 0.2) is 0 Å². The molecule has 0 radical (unpaired) electrons. The van der Waals surface area contributed by atoms with Crippen LogP contribution in [0.4, 0.5) is 0 Å². The van der Waals surface area contributed by atoms with Gasteiger partial charge >= 0.3 is 0 Å². The van der Waals surface area contributed by atoms with E-state index < -0.39 is 0 Å². The van der Waals surface area contributed by atoms with Crippen LogP contribution in [0, 0.1) is 6.92 Å². The van der Waals surface area contributed by atoms with Gasteiger partial charge in [-0.15, -0.1) is 21.5 Å². The van der Waals surface area contributed by atoms with Crippen molar-refractivity contribution >= 4 is 28.1 Å². The van der Waals surface area contributed by atoms with Crippen molar-refractivity contribution in [2.24, 2.45) is 0 Å². The van der Waals surface area contributed by atoms with Gasteiger partial charge in [0.25, 0.3) is 5.91 Å². The highest BCUT2D eigenvalue weighted by Crippen LogP contribution is 2.29. The molecule has 0 saturated carbocycles. The molecular weight excluding hydrogens is 308 g/mol. The van der Waals surface area contributed by atoms with E-state index in [1.54, 1.807) is 11.3 Å². The molecule has 3 heterocycles. The maximum Gasteiger partial charge on any atom is 0.270 e. The van der Waals surface area contributed by atoms with Crippen LogP contribution in [0.15, 0.2) is 30.3 Å². The minimum atomic E-state index is 0.0761. The maximum absolute atomic E-state index is 12.8. The predicted octanol–water partition coefficient (Wildman–Crippen LogP) is 3.35. The van der Waals surface area contributed by atoms with Crippen molar-refractivity contribution < 1.29 is 4.79 Å². The average molecular weight is 326 g/mol. The van der Waals surface area contributed by atoms with Crippen LogP contribution in [0.1, 0.15) is 39.3 Å². The molecule has 1 amide bonds. The van der Waals surface area contributed by atoms with Crippen molar-refractivity contribution in [2.75, 3.05) is 13.1 Å². The molecule has 1 saturated heterocycles. The number of benzene rings is 1. The van der Waals surface area contributed by atoms with Crippen molar-refractivity contribution in [1.82, 2.24) is 20.1 Å². The van der Waals surface area contributed by atoms with E-state index in [4.69, 9.17) is 0 Å². The smallest absolute Gasteiger partial charge is 0.270 e. The standard InChI is InChI=1S/C17H18N4OS/c1-11-19-20-16(23-11)13-6-4-8-21(10-13)17(22)15-9-12-5-2-3-7-14(12)18-15/h2-3,5,7,9,13,18H,4,6,8,10H2,1H3/t13-/m0/s1. The summed E-state index contributed by atoms with van der Waals surface area (Å²) in [7, 11) is 0. The highest BCUT2D eigenvalue weighted by molar-refractivity contribution is 7.11. The second kappa shape index (κ2) is 5.77. The molecule has 1 N–H and O–H groups in total. The topological polar surface area (TPSA) is 61.9 Å². The van der Waals surface area contributed by atoms with Gasteiger partial charge in [-0.05, 0) is 31.9 Å². The summed E-state index contributed by atoms with van der Waals surface area (Å²) in [6.45, 7) is 3.50. The number of nitrogens with one attached hydrogen (secondary N) is 1. The first-order valence-corrected chi connectivity index (χ1v) is 8.69. The van der Waals surface area contributed by atoms with Crippen LogP contribution in [0.3, 0.4) is 0 Å². The number of carbonyl (C=O) groups is 1. The number of nitrogens with zero attached hydrogens (tertiary/aromatic N) is 3. The molecular formula is C17H18N4OS. The fourth-order valence-corrected chi connectivity index (χ4v) is 4.02. The van der Waals surface area contributed by atoms with Gasteiger partial charge in [0.1, 0.15) is 15.7 Å². The summed E-state index contributed by atoms with van der Waals surface area (Å²) < 4.78 is 0. The number of hydrogen-bond acceptors (Lipinski definition) is 4. The van der Waals surface area contributed by atoms with Crippen LogP contribution in [-0.4, -0.2) is 39.1 Å². The second-order valence-corrected chi connectivity index (χ2v) is 7.23. The predicted molar refractivity (Wildman–Crippen MR) is 90.8 cm³/mol. The third kappa shape index (κ3) is 2.74. The number of hydrogen-bond donors (Lipinski definition) is 1. The van der Waals surface area contributed by atoms with Gasteiger partial charge in [-0.1, -0.05) is 18.2 Å². The molecule has 118 valence electrons. The molecule has 5 nitrogen and oxygen atoms in total. The SMILES string of the molecule is Cc1nnc([C@H]2CCCN(C(=O)c3cc4ccccc4[nH]3)C2)s1. The summed E-state index contributed by atoms with van der Waals surface area (Å²) in [6.07, 6.45) is 2.08. The van der Waals surface area contributed by atoms with E-state index >= 15 is 0 Å². The van der Waals surface area contributed by atoms with Crippen LogP contribution in [0.2, 0.25) is 0 Å². The Morgan fingerprint density at radius 1 is 1.35 bits per heavy atom. The zero-order valence-electron chi connectivity index (χ0n) is 13.0. The summed E-state index contributed by atoms with van der Waals surface area (Å²) in [5, 5.41) is 11.5. The molecule has 1 fully saturated rings. The molecule has 0 unspecified atom stereocenters. The van der Waals surface area contributed by atoms with Crippen LogP contribution >= 0.6 is 11.3 Å². The number of aryl methyl sites for hydroxylation is 1. The Morgan fingerprint density at radius 3 is 3.00 bits per heavy atom. The number of fused-ring (bicyclic) bond motifs is 1. The summed E-state index contributed by atoms with van der Waals surface area (Å²) in [5.74, 6) is 0.385. The fraction of sp³-hybridized carbons (Fsp3) is 0.353. The maximum atomic E-state index is 12.8. The summed E-state index contributed by atoms with van der Waals surface area (Å²) in [6, 6.07) is 9.91. The molecule has 0 aliphatic carbocycles. The van der Waals surface area contributed by atoms with Crippen molar-refractivity contribution in [2.45, 2.75) is 25.7 Å². The molecule has 4 rings (SSSR count). The highest BCUT2D eigenvalue weighted by atomic mass is 32.1. The third-order valence-corrected chi connectivity index (χ3v) is 5.36. The van der Waals surface area contributed by atoms with Crippen molar-refractivity contribution in [3.8, 4) is 0 Å². The first-order chi connectivity index (χ1) is 11.2. The summed E-state index contributed by atoms with van der Waals surface area (Å²) in [4.78, 5) is 18.0. The number of rotatable bonds is 2. The Labute approximate surface area is 138 Å². The van der Waals surface area contributed by atoms with E-state index in [-0.39, 0.29) is 5.91 Å². The van der Waals surface area contributed by atoms with E-state index in [1.807, 2.05) is 42.2 Å². The number of piperidine rings is 1. The van der Waals surface area contributed by atoms with Crippen LogP contribution in [0.25, 0.3) is 10.9 Å². The first-order valence-electron chi connectivity index (χ1n) is 7.88. The third-order valence-electron chi connectivity index (χ3n) is 4.36. The van der Waals surface area contributed by atoms with Crippen LogP contribution in [0.5, 0.6) is 0 Å². The largest absolute Gasteiger partial charge is 0.351 e. The molecule has 6 heteroatoms. The molecule has 1 aliphatic rings. The molecule has 2 aromatic heterocycles. The zero-order valence-corrected chi connectivity index (χ0v) is 13.8. The molecule has 0 bridgehead atoms. The molecule has 0 spiro atoms. The second-order valence-electron chi connectivity index (χ2n) is 6.02. The van der Waals surface area contributed by atoms with Crippen molar-refractivity contribution in [1.29, 1.82) is 0 Å². The number of para-hydroxylation sites is 1. The number of aromatic nitrogens is 3. The highest BCUT2D eigenvalue weighted by Gasteiger charge is 2.28. The van der Waals surface area contributed by atoms with Gasteiger partial charge in [0.05, 0.1) is 0 Å². The normalized spacial score (nSPS) is 18.5. The lowest BCUT2D eigenvalue weighted by molar-refractivity contribution is 0.0702. The van der Waals surface area contributed by atoms with Gasteiger partial charge in [0.2, 0.25) is 0 Å². The lowest BCUT2D eigenvalue weighted by Gasteiger charge is -2.31. The van der Waals surface area contributed by atoms with Crippen LogP contribution in [-0.2, 0) is 0 Å². The van der Waals surface area contributed by atoms with Gasteiger partial charge < -0.3 is 9.88 Å². The van der Waals surface area contributed by atoms with Gasteiger partial charge in [0, 0.05) is 29.9 Å². The van der Waals surface area contributed by atoms with E-state index in [2.05, 4.69) is 15.2 Å². The van der Waals surface area contributed by atoms with E-state index in [1.165, 1.54) is 0 Å². The number of carbonyl (C=O) groups excluding carboxylic acids is 1. The summed E-state index contributed by atoms with van der Waals surface area (Å²) >= 11 is 1.64. The summed E-state index contributed by atoms with van der Waals surface area (Å²) in [5.41, 5.74) is 1.67. The molecule has 3 aromatic rings. The lowest BCUT2D eigenvalue weighted by atomic mass is 9.98. The molecule has 23 heavy (non-hydrogen) atoms. The van der Waals surface area contributed by atoms with Gasteiger partial charge in [-0.25, -0.2) is 0 Å². The molecule has 1 atom stereocenters. The number of amides is 1. The zero-order chi connectivity index (χ0) is 15.8. The van der Waals surface area contributed by atoms with E-state index in [9.17, 15) is 4.79 Å². The molecule has 1 aliphatic heterocycles. The first kappa shape index (κ1) is 14.4. The minimum Gasteiger partial charge on any atom is -0.351 e. The number of likely N-dealkylation sites (tertiary alicyclic amines) is 1. The van der Waals surface area contributed by atoms with Gasteiger partial charge in [-0.2, -0.15) is 0 Å². The van der Waals surface area contributed by atoms with E-state index in [0.717, 1.165) is 46.8 Å². The van der Waals surface area contributed by atoms with Crippen molar-refractivity contribution in [3.63, 3.8) is 0 Å². The van der Waals surface area contributed by atoms with E-state index in [0.29, 0.717) is 11.6 Å². The Kier molecular flexibility index (Phi) is 3.61. The Morgan fingerprint density at radius 2 is 2.22 bits per heavy atom. The Balaban J connectivity index is 1.55. The monoisotopic (exact) mass is 326 g/mol. The molecule has 1 aromatic carbocycles. The van der Waals surface area contributed by atoms with Crippen LogP contribution < -0.4 is 0 Å². The fourth-order valence-electron chi connectivity index (χ4n) is 3.20. The Bertz CT molecular complexity index is 820. The van der Waals surface area contributed by atoms with Crippen molar-refractivity contribution in [3.05, 3.63) is 46.0 Å². The average Bonchev–Trinajstić information content (AvgIpc) is 3.20. The van der Waals surface area contributed by atoms with Gasteiger partial charge in [-0.3, -0.25) is 4.79 Å². The number of H-pyrrole nitrogens is 1. The minimum absolute atomic E-state index is 0.0761. The Hall–Kier alpha value is -2.21. The quantitative estimate of drug-likeness (QED) is 0.785. The lowest BCUT2D eigenvalue weighted by Crippen LogP contribution is -2.39. The number of aromatic amines is 1.